The van der Waals surface area contributed by atoms with E-state index >= 15 is 0 Å². The number of nitrogens with one attached hydrogen (secondary N) is 1. The molecule has 5 nitrogen and oxygen atoms in total. The van der Waals surface area contributed by atoms with Crippen LogP contribution in [0.15, 0.2) is 18.2 Å². The van der Waals surface area contributed by atoms with Crippen molar-refractivity contribution in [2.24, 2.45) is 5.92 Å². The Bertz CT molecular complexity index is 775. The first-order valence-electron chi connectivity index (χ1n) is 10.6. The van der Waals surface area contributed by atoms with Crippen molar-refractivity contribution < 1.29 is 10.4 Å². The van der Waals surface area contributed by atoms with Gasteiger partial charge in [0.1, 0.15) is 0 Å². The quantitative estimate of drug-likeness (QED) is 0.686. The van der Waals surface area contributed by atoms with Gasteiger partial charge in [-0.15, -0.1) is 20.5 Å². The monoisotopic (exact) mass is 419 g/mol. The fourth-order valence-corrected chi connectivity index (χ4v) is 5.73. The van der Waals surface area contributed by atoms with E-state index in [1.165, 1.54) is 10.1 Å². The minimum atomic E-state index is -0.549. The van der Waals surface area contributed by atoms with Crippen LogP contribution >= 0.6 is 12.6 Å². The topological polar surface area (TPSA) is 58.3 Å². The molecule has 0 bridgehead atoms. The molecule has 2 aliphatic rings. The van der Waals surface area contributed by atoms with E-state index in [0.717, 1.165) is 36.2 Å². The second-order valence-electron chi connectivity index (χ2n) is 11.1. The maximum atomic E-state index is 12.8. The van der Waals surface area contributed by atoms with Crippen molar-refractivity contribution in [3.63, 3.8) is 0 Å². The van der Waals surface area contributed by atoms with Crippen LogP contribution in [-0.2, 0) is 21.5 Å². The fourth-order valence-electron chi connectivity index (χ4n) is 5.44. The lowest BCUT2D eigenvalue weighted by atomic mass is 9.87. The predicted octanol–water partition coefficient (Wildman–Crippen LogP) is 4.60. The zero-order valence-electron chi connectivity index (χ0n) is 19.2. The molecular formula is C23H37N3O2S. The van der Waals surface area contributed by atoms with Crippen LogP contribution in [0.4, 0.5) is 0 Å². The second-order valence-corrected chi connectivity index (χ2v) is 11.7. The summed E-state index contributed by atoms with van der Waals surface area (Å²) in [6.45, 7) is 17.6. The van der Waals surface area contributed by atoms with Crippen molar-refractivity contribution in [1.82, 2.24) is 15.4 Å². The first kappa shape index (κ1) is 23.0. The molecule has 2 radical (unpaired) electrons. The molecule has 2 heterocycles. The van der Waals surface area contributed by atoms with Gasteiger partial charge in [-0.3, -0.25) is 0 Å². The number of thiol groups is 1. The van der Waals surface area contributed by atoms with Crippen LogP contribution in [0.3, 0.4) is 0 Å². The lowest BCUT2D eigenvalue weighted by Crippen LogP contribution is -2.47. The van der Waals surface area contributed by atoms with Crippen molar-refractivity contribution >= 4 is 12.6 Å². The van der Waals surface area contributed by atoms with Gasteiger partial charge >= 0.3 is 0 Å². The van der Waals surface area contributed by atoms with Crippen molar-refractivity contribution in [2.45, 2.75) is 89.2 Å². The maximum Gasteiger partial charge on any atom is 0.0699 e. The molecular weight excluding hydrogens is 382 g/mol. The molecule has 3 rings (SSSR count). The molecule has 2 unspecified atom stereocenters. The van der Waals surface area contributed by atoms with Crippen LogP contribution in [0, 0.1) is 5.92 Å². The van der Waals surface area contributed by atoms with Crippen LogP contribution < -0.4 is 5.32 Å². The van der Waals surface area contributed by atoms with Crippen molar-refractivity contribution in [3.8, 4) is 0 Å². The highest BCUT2D eigenvalue weighted by Gasteiger charge is 2.52. The normalized spacial score (nSPS) is 28.4. The number of hydroxylamine groups is 4. The van der Waals surface area contributed by atoms with Gasteiger partial charge in [-0.05, 0) is 91.0 Å². The second kappa shape index (κ2) is 7.21. The van der Waals surface area contributed by atoms with Crippen LogP contribution in [0.25, 0.3) is 0 Å². The third kappa shape index (κ3) is 3.66. The predicted molar refractivity (Wildman–Crippen MR) is 118 cm³/mol. The highest BCUT2D eigenvalue weighted by atomic mass is 32.1. The molecule has 0 spiro atoms. The molecule has 0 amide bonds. The largest absolute Gasteiger partial charge is 0.315 e. The van der Waals surface area contributed by atoms with Crippen molar-refractivity contribution in [3.05, 3.63) is 34.9 Å². The number of hydrogen-bond acceptors (Lipinski definition) is 4. The van der Waals surface area contributed by atoms with Crippen LogP contribution in [0.2, 0.25) is 0 Å². The summed E-state index contributed by atoms with van der Waals surface area (Å²) < 4.78 is 0. The molecule has 1 fully saturated rings. The van der Waals surface area contributed by atoms with Gasteiger partial charge in [-0.2, -0.15) is 12.6 Å². The maximum absolute atomic E-state index is 12.8. The van der Waals surface area contributed by atoms with E-state index in [4.69, 9.17) is 12.6 Å². The number of nitrogens with zero attached hydrogens (tertiary/aromatic N) is 2. The molecule has 1 aromatic carbocycles. The Morgan fingerprint density at radius 1 is 1.00 bits per heavy atom. The summed E-state index contributed by atoms with van der Waals surface area (Å²) >= 11 is 4.83. The standard InChI is InChI=1S/C23H37N3O2S/c1-20(2)12-16(21(3,4)25(20)27)13-24-14-19(29)15-9-10-17-18(11-15)23(7,8)26(28)22(17,5)6/h9-11,16,19,24,29H,12-14H2,1-8H3. The molecule has 0 aliphatic carbocycles. The Morgan fingerprint density at radius 3 is 2.14 bits per heavy atom. The average molecular weight is 420 g/mol. The Balaban J connectivity index is 1.68. The SMILES string of the molecule is CC1(C)CC(CNCC(S)c2ccc3c(c2)C(C)(C)N([O])C3(C)C)C(C)(C)N1[O]. The van der Waals surface area contributed by atoms with E-state index in [1.807, 2.05) is 55.4 Å². The van der Waals surface area contributed by atoms with Gasteiger partial charge in [0.15, 0.2) is 0 Å². The summed E-state index contributed by atoms with van der Waals surface area (Å²) in [5.74, 6) is 0.296. The zero-order chi connectivity index (χ0) is 22.0. The highest BCUT2D eigenvalue weighted by molar-refractivity contribution is 7.80. The Kier molecular flexibility index (Phi) is 5.73. The molecule has 0 saturated carbocycles. The minimum absolute atomic E-state index is 0.0285. The first-order chi connectivity index (χ1) is 13.1. The van der Waals surface area contributed by atoms with Crippen LogP contribution in [-0.4, -0.2) is 34.3 Å². The first-order valence-corrected chi connectivity index (χ1v) is 11.1. The van der Waals surface area contributed by atoms with E-state index in [1.54, 1.807) is 0 Å². The lowest BCUT2D eigenvalue weighted by Gasteiger charge is -2.34. The van der Waals surface area contributed by atoms with E-state index in [9.17, 15) is 10.4 Å². The Labute approximate surface area is 181 Å². The third-order valence-electron chi connectivity index (χ3n) is 7.31. The number of fused-ring (bicyclic) bond motifs is 1. The molecule has 6 heteroatoms. The van der Waals surface area contributed by atoms with Gasteiger partial charge < -0.3 is 5.32 Å². The van der Waals surface area contributed by atoms with E-state index < -0.39 is 11.1 Å². The van der Waals surface area contributed by atoms with Crippen molar-refractivity contribution in [2.75, 3.05) is 13.1 Å². The highest BCUT2D eigenvalue weighted by Crippen LogP contribution is 2.49. The summed E-state index contributed by atoms with van der Waals surface area (Å²) in [4.78, 5) is 0. The van der Waals surface area contributed by atoms with Gasteiger partial charge in [0.05, 0.1) is 11.1 Å². The summed E-state index contributed by atoms with van der Waals surface area (Å²) in [5.41, 5.74) is 1.55. The van der Waals surface area contributed by atoms with Crippen molar-refractivity contribution in [1.29, 1.82) is 0 Å². The van der Waals surface area contributed by atoms with Crippen LogP contribution in [0.1, 0.15) is 83.8 Å². The summed E-state index contributed by atoms with van der Waals surface area (Å²) in [6.07, 6.45) is 0.884. The van der Waals surface area contributed by atoms with Gasteiger partial charge in [-0.1, -0.05) is 18.2 Å². The molecule has 1 N–H and O–H groups in total. The molecule has 2 aliphatic heterocycles. The Morgan fingerprint density at radius 2 is 1.59 bits per heavy atom. The molecule has 29 heavy (non-hydrogen) atoms. The molecule has 1 saturated heterocycles. The van der Waals surface area contributed by atoms with E-state index in [0.29, 0.717) is 5.92 Å². The Hall–Kier alpha value is -0.630. The van der Waals surface area contributed by atoms with Gasteiger partial charge in [-0.25, -0.2) is 0 Å². The lowest BCUT2D eigenvalue weighted by molar-refractivity contribution is -0.266. The molecule has 0 aromatic heterocycles. The molecule has 162 valence electrons. The molecule has 2 atom stereocenters. The van der Waals surface area contributed by atoms with Gasteiger partial charge in [0, 0.05) is 22.9 Å². The zero-order valence-corrected chi connectivity index (χ0v) is 20.1. The number of hydrogen-bond donors (Lipinski definition) is 2. The minimum Gasteiger partial charge on any atom is -0.315 e. The van der Waals surface area contributed by atoms with Crippen LogP contribution in [0.5, 0.6) is 0 Å². The smallest absolute Gasteiger partial charge is 0.0699 e. The average Bonchev–Trinajstić information content (AvgIpc) is 2.87. The number of benzene rings is 1. The summed E-state index contributed by atoms with van der Waals surface area (Å²) in [7, 11) is 0. The van der Waals surface area contributed by atoms with Gasteiger partial charge in [0.2, 0.25) is 0 Å². The number of rotatable bonds is 5. The van der Waals surface area contributed by atoms with E-state index in [2.05, 4.69) is 23.5 Å². The van der Waals surface area contributed by atoms with E-state index in [-0.39, 0.29) is 16.3 Å². The fraction of sp³-hybridized carbons (Fsp3) is 0.739. The molecule has 1 aromatic rings. The van der Waals surface area contributed by atoms with Gasteiger partial charge in [0.25, 0.3) is 0 Å². The third-order valence-corrected chi connectivity index (χ3v) is 7.79. The summed E-state index contributed by atoms with van der Waals surface area (Å²) in [6, 6.07) is 6.33. The summed E-state index contributed by atoms with van der Waals surface area (Å²) in [5, 5.41) is 31.4.